The second-order valence-corrected chi connectivity index (χ2v) is 5.85. The van der Waals surface area contributed by atoms with E-state index in [1.165, 1.54) is 4.88 Å². The smallest absolute Gasteiger partial charge is 0.339 e. The van der Waals surface area contributed by atoms with Gasteiger partial charge in [-0.1, -0.05) is 18.2 Å². The Kier molecular flexibility index (Phi) is 5.78. The van der Waals surface area contributed by atoms with Gasteiger partial charge in [-0.25, -0.2) is 4.79 Å². The van der Waals surface area contributed by atoms with Crippen LogP contribution in [0.5, 0.6) is 5.75 Å². The molecule has 1 aromatic heterocycles. The minimum atomic E-state index is -0.958. The molecule has 112 valence electrons. The number of thiophene rings is 1. The second-order valence-electron chi connectivity index (χ2n) is 4.82. The van der Waals surface area contributed by atoms with E-state index >= 15 is 0 Å². The van der Waals surface area contributed by atoms with Crippen molar-refractivity contribution >= 4 is 17.3 Å². The predicted octanol–water partition coefficient (Wildman–Crippen LogP) is 3.35. The monoisotopic (exact) mass is 305 g/mol. The van der Waals surface area contributed by atoms with Gasteiger partial charge < -0.3 is 14.7 Å². The quantitative estimate of drug-likeness (QED) is 0.760. The van der Waals surface area contributed by atoms with E-state index in [1.807, 2.05) is 0 Å². The number of carbonyl (C=O) groups is 1. The average molecular weight is 305 g/mol. The Labute approximate surface area is 128 Å². The van der Waals surface area contributed by atoms with Crippen molar-refractivity contribution in [2.24, 2.45) is 0 Å². The van der Waals surface area contributed by atoms with Crippen molar-refractivity contribution in [3.05, 3.63) is 52.2 Å². The summed E-state index contributed by atoms with van der Waals surface area (Å²) in [7, 11) is 2.07. The molecule has 0 unspecified atom stereocenters. The molecule has 4 nitrogen and oxygen atoms in total. The third-order valence-electron chi connectivity index (χ3n) is 3.07. The number of aromatic carboxylic acids is 1. The minimum Gasteiger partial charge on any atom is -0.493 e. The van der Waals surface area contributed by atoms with E-state index in [9.17, 15) is 4.79 Å². The number of carboxylic acid groups (broad SMARTS) is 1. The van der Waals surface area contributed by atoms with Crippen LogP contribution in [0.15, 0.2) is 41.8 Å². The van der Waals surface area contributed by atoms with E-state index in [-0.39, 0.29) is 5.56 Å². The van der Waals surface area contributed by atoms with E-state index in [4.69, 9.17) is 9.84 Å². The summed E-state index contributed by atoms with van der Waals surface area (Å²) in [6, 6.07) is 10.9. The Balaban J connectivity index is 1.73. The molecule has 1 aromatic carbocycles. The summed E-state index contributed by atoms with van der Waals surface area (Å²) in [5, 5.41) is 11.1. The highest BCUT2D eigenvalue weighted by molar-refractivity contribution is 7.09. The van der Waals surface area contributed by atoms with Gasteiger partial charge in [0.25, 0.3) is 0 Å². The molecule has 0 amide bonds. The van der Waals surface area contributed by atoms with Crippen molar-refractivity contribution in [2.45, 2.75) is 13.0 Å². The van der Waals surface area contributed by atoms with Crippen molar-refractivity contribution in [3.63, 3.8) is 0 Å². The van der Waals surface area contributed by atoms with Crippen LogP contribution in [-0.4, -0.2) is 36.2 Å². The van der Waals surface area contributed by atoms with Gasteiger partial charge >= 0.3 is 5.97 Å². The Bertz CT molecular complexity index is 569. The number of para-hydroxylation sites is 1. The number of hydrogen-bond acceptors (Lipinski definition) is 4. The molecular formula is C16H19NO3S. The molecule has 5 heteroatoms. The zero-order valence-electron chi connectivity index (χ0n) is 12.0. The van der Waals surface area contributed by atoms with Crippen LogP contribution in [0.2, 0.25) is 0 Å². The predicted molar refractivity (Wildman–Crippen MR) is 84.2 cm³/mol. The third kappa shape index (κ3) is 4.88. The first-order valence-corrected chi connectivity index (χ1v) is 7.71. The van der Waals surface area contributed by atoms with Crippen molar-refractivity contribution in [1.82, 2.24) is 4.90 Å². The lowest BCUT2D eigenvalue weighted by Crippen LogP contribution is -2.20. The number of carboxylic acids is 1. The Morgan fingerprint density at radius 3 is 2.81 bits per heavy atom. The molecular weight excluding hydrogens is 286 g/mol. The molecule has 0 aliphatic carbocycles. The van der Waals surface area contributed by atoms with E-state index in [0.717, 1.165) is 19.5 Å². The summed E-state index contributed by atoms with van der Waals surface area (Å²) in [6.07, 6.45) is 0.857. The maximum Gasteiger partial charge on any atom is 0.339 e. The lowest BCUT2D eigenvalue weighted by molar-refractivity contribution is 0.0692. The van der Waals surface area contributed by atoms with Crippen molar-refractivity contribution in [2.75, 3.05) is 20.2 Å². The van der Waals surface area contributed by atoms with Crippen LogP contribution in [-0.2, 0) is 6.54 Å². The van der Waals surface area contributed by atoms with Gasteiger partial charge in [0.1, 0.15) is 11.3 Å². The lowest BCUT2D eigenvalue weighted by atomic mass is 10.2. The van der Waals surface area contributed by atoms with Gasteiger partial charge in [0.2, 0.25) is 0 Å². The van der Waals surface area contributed by atoms with Crippen molar-refractivity contribution in [1.29, 1.82) is 0 Å². The Morgan fingerprint density at radius 1 is 1.29 bits per heavy atom. The van der Waals surface area contributed by atoms with Gasteiger partial charge in [-0.15, -0.1) is 11.3 Å². The average Bonchev–Trinajstić information content (AvgIpc) is 2.96. The molecule has 0 fully saturated rings. The van der Waals surface area contributed by atoms with Gasteiger partial charge in [-0.3, -0.25) is 0 Å². The number of nitrogens with zero attached hydrogens (tertiary/aromatic N) is 1. The fourth-order valence-electron chi connectivity index (χ4n) is 2.03. The van der Waals surface area contributed by atoms with Crippen LogP contribution in [0, 0.1) is 0 Å². The number of ether oxygens (including phenoxy) is 1. The van der Waals surface area contributed by atoms with Crippen LogP contribution in [0.4, 0.5) is 0 Å². The Hall–Kier alpha value is -1.85. The molecule has 2 aromatic rings. The summed E-state index contributed by atoms with van der Waals surface area (Å²) in [4.78, 5) is 14.6. The maximum atomic E-state index is 11.1. The molecule has 0 aliphatic heterocycles. The molecule has 0 spiro atoms. The Morgan fingerprint density at radius 2 is 2.10 bits per heavy atom. The maximum absolute atomic E-state index is 11.1. The van der Waals surface area contributed by atoms with Gasteiger partial charge in [0, 0.05) is 18.0 Å². The van der Waals surface area contributed by atoms with Gasteiger partial charge in [0.05, 0.1) is 6.61 Å². The largest absolute Gasteiger partial charge is 0.493 e. The fraction of sp³-hybridized carbons (Fsp3) is 0.312. The van der Waals surface area contributed by atoms with Crippen molar-refractivity contribution < 1.29 is 14.6 Å². The molecule has 21 heavy (non-hydrogen) atoms. The van der Waals surface area contributed by atoms with Crippen LogP contribution in [0.25, 0.3) is 0 Å². The van der Waals surface area contributed by atoms with E-state index in [2.05, 4.69) is 29.5 Å². The number of hydrogen-bond donors (Lipinski definition) is 1. The highest BCUT2D eigenvalue weighted by atomic mass is 32.1. The number of benzene rings is 1. The van der Waals surface area contributed by atoms with Gasteiger partial charge in [0.15, 0.2) is 0 Å². The van der Waals surface area contributed by atoms with Crippen LogP contribution < -0.4 is 4.74 Å². The summed E-state index contributed by atoms with van der Waals surface area (Å²) in [5.74, 6) is -0.522. The number of rotatable bonds is 8. The molecule has 0 aliphatic rings. The van der Waals surface area contributed by atoms with Crippen LogP contribution >= 0.6 is 11.3 Å². The highest BCUT2D eigenvalue weighted by Gasteiger charge is 2.09. The molecule has 0 radical (unpaired) electrons. The van der Waals surface area contributed by atoms with Crippen LogP contribution in [0.3, 0.4) is 0 Å². The molecule has 1 N–H and O–H groups in total. The lowest BCUT2D eigenvalue weighted by Gasteiger charge is -2.16. The van der Waals surface area contributed by atoms with Crippen LogP contribution in [0.1, 0.15) is 21.7 Å². The first kappa shape index (κ1) is 15.5. The summed E-state index contributed by atoms with van der Waals surface area (Å²) < 4.78 is 5.58. The topological polar surface area (TPSA) is 49.8 Å². The van der Waals surface area contributed by atoms with Gasteiger partial charge in [-0.2, -0.15) is 0 Å². The van der Waals surface area contributed by atoms with E-state index in [1.54, 1.807) is 35.6 Å². The van der Waals surface area contributed by atoms with E-state index < -0.39 is 5.97 Å². The fourth-order valence-corrected chi connectivity index (χ4v) is 2.82. The third-order valence-corrected chi connectivity index (χ3v) is 3.93. The standard InChI is InChI=1S/C16H19NO3S/c1-17(12-13-6-4-11-21-13)9-5-10-20-15-8-3-2-7-14(15)16(18)19/h2-4,6-8,11H,5,9-10,12H2,1H3,(H,18,19). The van der Waals surface area contributed by atoms with Crippen molar-refractivity contribution in [3.8, 4) is 5.75 Å². The molecule has 1 heterocycles. The second kappa shape index (κ2) is 7.81. The summed E-state index contributed by atoms with van der Waals surface area (Å²) in [5.41, 5.74) is 0.212. The summed E-state index contributed by atoms with van der Waals surface area (Å²) >= 11 is 1.75. The molecule has 0 saturated heterocycles. The summed E-state index contributed by atoms with van der Waals surface area (Å²) in [6.45, 7) is 2.36. The minimum absolute atomic E-state index is 0.212. The highest BCUT2D eigenvalue weighted by Crippen LogP contribution is 2.18. The van der Waals surface area contributed by atoms with Gasteiger partial charge in [-0.05, 0) is 37.0 Å². The normalized spacial score (nSPS) is 10.8. The molecule has 2 rings (SSSR count). The molecule has 0 bridgehead atoms. The van der Waals surface area contributed by atoms with E-state index in [0.29, 0.717) is 12.4 Å². The zero-order valence-corrected chi connectivity index (χ0v) is 12.8. The molecule has 0 saturated carbocycles. The zero-order chi connectivity index (χ0) is 15.1. The SMILES string of the molecule is CN(CCCOc1ccccc1C(=O)O)Cc1cccs1. The first-order chi connectivity index (χ1) is 10.2. The molecule has 0 atom stereocenters. The first-order valence-electron chi connectivity index (χ1n) is 6.83.